The molecule has 0 aromatic heterocycles. The fraction of sp³-hybridized carbons (Fsp3) is 0.462. The van der Waals surface area contributed by atoms with Gasteiger partial charge in [0.25, 0.3) is 0 Å². The first-order valence-electron chi connectivity index (χ1n) is 6.06. The number of likely N-dealkylation sites (N-methyl/N-ethyl adjacent to an activating group) is 1. The van der Waals surface area contributed by atoms with Crippen LogP contribution in [0, 0.1) is 5.82 Å². The molecule has 0 bridgehead atoms. The molecule has 1 fully saturated rings. The second-order valence-electron chi connectivity index (χ2n) is 4.34. The molecule has 1 unspecified atom stereocenters. The topological polar surface area (TPSA) is 29.5 Å². The van der Waals surface area contributed by atoms with Crippen LogP contribution < -0.4 is 0 Å². The van der Waals surface area contributed by atoms with Crippen molar-refractivity contribution in [2.75, 3.05) is 26.2 Å². The maximum Gasteiger partial charge on any atom is 0.195 e. The lowest BCUT2D eigenvalue weighted by Crippen LogP contribution is -2.46. The van der Waals surface area contributed by atoms with E-state index in [9.17, 15) is 9.18 Å². The minimum atomic E-state index is -0.696. The van der Waals surface area contributed by atoms with E-state index in [1.54, 1.807) is 6.07 Å². The molecule has 0 aliphatic carbocycles. The van der Waals surface area contributed by atoms with Gasteiger partial charge in [0.1, 0.15) is 6.10 Å². The molecule has 19 heavy (non-hydrogen) atoms. The van der Waals surface area contributed by atoms with Crippen molar-refractivity contribution in [1.82, 2.24) is 4.90 Å². The Hall–Kier alpha value is -0.490. The van der Waals surface area contributed by atoms with Gasteiger partial charge in [-0.3, -0.25) is 9.69 Å². The van der Waals surface area contributed by atoms with Crippen LogP contribution in [0.5, 0.6) is 0 Å². The third-order valence-corrected chi connectivity index (χ3v) is 4.45. The first kappa shape index (κ1) is 14.9. The van der Waals surface area contributed by atoms with Gasteiger partial charge >= 0.3 is 0 Å². The molecule has 1 aromatic rings. The number of halogens is 3. The summed E-state index contributed by atoms with van der Waals surface area (Å²) in [4.78, 5) is 14.4. The molecule has 0 N–H and O–H groups in total. The highest BCUT2D eigenvalue weighted by Crippen LogP contribution is 2.28. The van der Waals surface area contributed by atoms with E-state index < -0.39 is 11.9 Å². The Morgan fingerprint density at radius 3 is 3.05 bits per heavy atom. The van der Waals surface area contributed by atoms with E-state index >= 15 is 0 Å². The summed E-state index contributed by atoms with van der Waals surface area (Å²) in [5.74, 6) is -1.05. The highest BCUT2D eigenvalue weighted by atomic mass is 79.9. The highest BCUT2D eigenvalue weighted by Gasteiger charge is 2.29. The van der Waals surface area contributed by atoms with Crippen LogP contribution in [-0.2, 0) is 4.74 Å². The van der Waals surface area contributed by atoms with Gasteiger partial charge in [-0.1, -0.05) is 18.5 Å². The van der Waals surface area contributed by atoms with Crippen molar-refractivity contribution in [3.05, 3.63) is 33.0 Å². The second-order valence-corrected chi connectivity index (χ2v) is 5.57. The third-order valence-electron chi connectivity index (χ3n) is 3.19. The summed E-state index contributed by atoms with van der Waals surface area (Å²) in [5, 5.41) is -0.0750. The van der Waals surface area contributed by atoms with Gasteiger partial charge in [-0.05, 0) is 34.6 Å². The number of rotatable bonds is 3. The van der Waals surface area contributed by atoms with E-state index in [0.717, 1.165) is 13.1 Å². The molecule has 2 rings (SSSR count). The molecule has 0 spiro atoms. The predicted molar refractivity (Wildman–Crippen MR) is 75.3 cm³/mol. The van der Waals surface area contributed by atoms with Gasteiger partial charge in [0, 0.05) is 17.6 Å². The Balaban J connectivity index is 2.22. The first-order valence-corrected chi connectivity index (χ1v) is 7.23. The van der Waals surface area contributed by atoms with Crippen molar-refractivity contribution in [1.29, 1.82) is 0 Å². The molecular formula is C13H14BrClFNO2. The molecule has 1 aliphatic heterocycles. The molecule has 3 nitrogen and oxygen atoms in total. The normalized spacial score (nSPS) is 20.5. The summed E-state index contributed by atoms with van der Waals surface area (Å²) in [6.45, 7) is 4.63. The zero-order chi connectivity index (χ0) is 14.0. The summed E-state index contributed by atoms with van der Waals surface area (Å²) < 4.78 is 19.9. The first-order chi connectivity index (χ1) is 9.04. The SMILES string of the molecule is CCN1CCOC(C(=O)c2ccc(Br)c(Cl)c2F)C1. The van der Waals surface area contributed by atoms with Crippen molar-refractivity contribution in [2.24, 2.45) is 0 Å². The molecule has 1 aromatic carbocycles. The van der Waals surface area contributed by atoms with Crippen LogP contribution >= 0.6 is 27.5 Å². The molecule has 0 saturated carbocycles. The van der Waals surface area contributed by atoms with Crippen molar-refractivity contribution in [3.63, 3.8) is 0 Å². The molecule has 0 radical (unpaired) electrons. The largest absolute Gasteiger partial charge is 0.367 e. The summed E-state index contributed by atoms with van der Waals surface area (Å²) >= 11 is 8.92. The molecule has 1 atom stereocenters. The van der Waals surface area contributed by atoms with Crippen LogP contribution in [0.25, 0.3) is 0 Å². The minimum Gasteiger partial charge on any atom is -0.367 e. The third kappa shape index (κ3) is 3.16. The number of morpholine rings is 1. The number of hydrogen-bond acceptors (Lipinski definition) is 3. The number of carbonyl (C=O) groups is 1. The van der Waals surface area contributed by atoms with Crippen LogP contribution in [0.1, 0.15) is 17.3 Å². The zero-order valence-electron chi connectivity index (χ0n) is 10.5. The van der Waals surface area contributed by atoms with E-state index in [0.29, 0.717) is 17.6 Å². The van der Waals surface area contributed by atoms with Crippen LogP contribution in [0.3, 0.4) is 0 Å². The molecule has 1 saturated heterocycles. The van der Waals surface area contributed by atoms with Crippen molar-refractivity contribution >= 4 is 33.3 Å². The number of carbonyl (C=O) groups excluding carboxylic acids is 1. The van der Waals surface area contributed by atoms with Crippen LogP contribution in [0.2, 0.25) is 5.02 Å². The average molecular weight is 351 g/mol. The van der Waals surface area contributed by atoms with Crippen molar-refractivity contribution in [2.45, 2.75) is 13.0 Å². The van der Waals surface area contributed by atoms with Crippen molar-refractivity contribution in [3.8, 4) is 0 Å². The Bertz CT molecular complexity index is 498. The van der Waals surface area contributed by atoms with Gasteiger partial charge in [-0.15, -0.1) is 0 Å². The van der Waals surface area contributed by atoms with Gasteiger partial charge in [-0.2, -0.15) is 0 Å². The van der Waals surface area contributed by atoms with E-state index in [2.05, 4.69) is 20.8 Å². The Labute approximate surface area is 124 Å². The summed E-state index contributed by atoms with van der Waals surface area (Å²) in [6.07, 6.45) is -0.625. The maximum absolute atomic E-state index is 14.0. The van der Waals surface area contributed by atoms with E-state index in [1.165, 1.54) is 6.07 Å². The highest BCUT2D eigenvalue weighted by molar-refractivity contribution is 9.10. The number of hydrogen-bond donors (Lipinski definition) is 0. The Morgan fingerprint density at radius 1 is 1.63 bits per heavy atom. The summed E-state index contributed by atoms with van der Waals surface area (Å²) in [6, 6.07) is 3.00. The van der Waals surface area contributed by atoms with Crippen LogP contribution in [-0.4, -0.2) is 43.0 Å². The number of benzene rings is 1. The van der Waals surface area contributed by atoms with Crippen LogP contribution in [0.15, 0.2) is 16.6 Å². The van der Waals surface area contributed by atoms with Gasteiger partial charge in [-0.25, -0.2) is 4.39 Å². The van der Waals surface area contributed by atoms with Gasteiger partial charge in [0.15, 0.2) is 11.6 Å². The number of ether oxygens (including phenoxy) is 1. The second kappa shape index (κ2) is 6.31. The predicted octanol–water partition coefficient (Wildman–Crippen LogP) is 3.15. The number of ketones is 1. The van der Waals surface area contributed by atoms with Gasteiger partial charge in [0.05, 0.1) is 17.2 Å². The van der Waals surface area contributed by atoms with E-state index in [-0.39, 0.29) is 16.4 Å². The Morgan fingerprint density at radius 2 is 2.37 bits per heavy atom. The van der Waals surface area contributed by atoms with Crippen molar-refractivity contribution < 1.29 is 13.9 Å². The molecular weight excluding hydrogens is 337 g/mol. The van der Waals surface area contributed by atoms with E-state index in [4.69, 9.17) is 16.3 Å². The lowest BCUT2D eigenvalue weighted by molar-refractivity contribution is -0.0150. The van der Waals surface area contributed by atoms with Gasteiger partial charge in [0.2, 0.25) is 0 Å². The number of Topliss-reactive ketones (excluding diaryl/α,β-unsaturated/α-hetero) is 1. The molecule has 6 heteroatoms. The Kier molecular flexibility index (Phi) is 4.95. The maximum atomic E-state index is 14.0. The smallest absolute Gasteiger partial charge is 0.195 e. The molecule has 104 valence electrons. The lowest BCUT2D eigenvalue weighted by atomic mass is 10.0. The van der Waals surface area contributed by atoms with Crippen LogP contribution in [0.4, 0.5) is 4.39 Å². The lowest BCUT2D eigenvalue weighted by Gasteiger charge is -2.31. The standard InChI is InChI=1S/C13H14BrClFNO2/c1-2-17-5-6-19-10(7-17)13(18)8-3-4-9(14)11(15)12(8)16/h3-4,10H,2,5-7H2,1H3. The fourth-order valence-electron chi connectivity index (χ4n) is 2.04. The molecule has 1 heterocycles. The molecule has 0 amide bonds. The number of nitrogens with zero attached hydrogens (tertiary/aromatic N) is 1. The molecule has 1 aliphatic rings. The van der Waals surface area contributed by atoms with E-state index in [1.807, 2.05) is 6.92 Å². The summed E-state index contributed by atoms with van der Waals surface area (Å²) in [5.41, 5.74) is -0.0175. The average Bonchev–Trinajstić information content (AvgIpc) is 2.44. The fourth-order valence-corrected chi connectivity index (χ4v) is 2.51. The van der Waals surface area contributed by atoms with Gasteiger partial charge < -0.3 is 4.74 Å². The summed E-state index contributed by atoms with van der Waals surface area (Å²) in [7, 11) is 0. The minimum absolute atomic E-state index is 0.0175. The zero-order valence-corrected chi connectivity index (χ0v) is 12.8. The quantitative estimate of drug-likeness (QED) is 0.619. The monoisotopic (exact) mass is 349 g/mol.